The Kier molecular flexibility index (Phi) is 8.04. The van der Waals surface area contributed by atoms with Gasteiger partial charge in [0.2, 0.25) is 0 Å². The van der Waals surface area contributed by atoms with E-state index in [1.54, 1.807) is 7.11 Å². The Hall–Kier alpha value is -0.810. The van der Waals surface area contributed by atoms with Crippen LogP contribution in [0.5, 0.6) is 0 Å². The fourth-order valence-electron chi connectivity index (χ4n) is 0.979. The highest BCUT2D eigenvalue weighted by molar-refractivity contribution is 5.77. The maximum Gasteiger partial charge on any atom is 0.188 e. The van der Waals surface area contributed by atoms with E-state index in [2.05, 4.69) is 24.2 Å². The molecule has 0 radical (unpaired) electrons. The standard InChI is InChI=1S/C10H23N3O2/c1-8(2)6-13-10(11)12-5-4-9(14)7-15-3/h8-9,14H,4-7H2,1-3H3,(H3,11,12,13). The molecule has 90 valence electrons. The van der Waals surface area contributed by atoms with E-state index in [4.69, 9.17) is 10.5 Å². The van der Waals surface area contributed by atoms with Gasteiger partial charge in [-0.15, -0.1) is 0 Å². The molecular formula is C10H23N3O2. The summed E-state index contributed by atoms with van der Waals surface area (Å²) in [5.41, 5.74) is 5.61. The van der Waals surface area contributed by atoms with E-state index in [1.165, 1.54) is 0 Å². The van der Waals surface area contributed by atoms with E-state index in [0.717, 1.165) is 6.54 Å². The molecule has 0 amide bonds. The van der Waals surface area contributed by atoms with Crippen molar-refractivity contribution in [3.05, 3.63) is 0 Å². The lowest BCUT2D eigenvalue weighted by Gasteiger charge is -2.10. The highest BCUT2D eigenvalue weighted by Gasteiger charge is 2.02. The third-order valence-electron chi connectivity index (χ3n) is 1.77. The molecule has 15 heavy (non-hydrogen) atoms. The first-order valence-corrected chi connectivity index (χ1v) is 5.27. The summed E-state index contributed by atoms with van der Waals surface area (Å²) in [5.74, 6) is 0.942. The normalized spacial score (nSPS) is 14.3. The van der Waals surface area contributed by atoms with Crippen molar-refractivity contribution in [2.75, 3.05) is 26.8 Å². The summed E-state index contributed by atoms with van der Waals surface area (Å²) in [6, 6.07) is 0. The van der Waals surface area contributed by atoms with Crippen LogP contribution in [-0.2, 0) is 4.74 Å². The Morgan fingerprint density at radius 2 is 2.20 bits per heavy atom. The fourth-order valence-corrected chi connectivity index (χ4v) is 0.979. The number of nitrogens with zero attached hydrogens (tertiary/aromatic N) is 1. The summed E-state index contributed by atoms with van der Waals surface area (Å²) in [7, 11) is 1.56. The van der Waals surface area contributed by atoms with Gasteiger partial charge < -0.3 is 20.9 Å². The van der Waals surface area contributed by atoms with Crippen molar-refractivity contribution in [1.29, 1.82) is 0 Å². The Bertz CT molecular complexity index is 184. The van der Waals surface area contributed by atoms with E-state index in [-0.39, 0.29) is 0 Å². The summed E-state index contributed by atoms with van der Waals surface area (Å²) >= 11 is 0. The van der Waals surface area contributed by atoms with Crippen LogP contribution >= 0.6 is 0 Å². The first-order chi connectivity index (χ1) is 7.06. The van der Waals surface area contributed by atoms with Gasteiger partial charge in [0.05, 0.1) is 12.7 Å². The van der Waals surface area contributed by atoms with Crippen LogP contribution in [0.3, 0.4) is 0 Å². The van der Waals surface area contributed by atoms with Crippen LogP contribution in [0.1, 0.15) is 20.3 Å². The number of aliphatic imine (C=N–C) groups is 1. The fraction of sp³-hybridized carbons (Fsp3) is 0.900. The first kappa shape index (κ1) is 14.2. The lowest BCUT2D eigenvalue weighted by molar-refractivity contribution is 0.0602. The molecule has 5 nitrogen and oxygen atoms in total. The number of rotatable bonds is 7. The van der Waals surface area contributed by atoms with Crippen molar-refractivity contribution in [1.82, 2.24) is 5.32 Å². The second-order valence-electron chi connectivity index (χ2n) is 3.94. The minimum absolute atomic E-state index is 0.352. The van der Waals surface area contributed by atoms with Crippen molar-refractivity contribution in [3.8, 4) is 0 Å². The van der Waals surface area contributed by atoms with Gasteiger partial charge in [0.15, 0.2) is 5.96 Å². The number of aliphatic hydroxyl groups excluding tert-OH is 1. The van der Waals surface area contributed by atoms with Crippen LogP contribution in [0.4, 0.5) is 0 Å². The third-order valence-corrected chi connectivity index (χ3v) is 1.77. The summed E-state index contributed by atoms with van der Waals surface area (Å²) in [6.07, 6.45) is 0.159. The van der Waals surface area contributed by atoms with Crippen LogP contribution in [0.25, 0.3) is 0 Å². The highest BCUT2D eigenvalue weighted by Crippen LogP contribution is 1.91. The van der Waals surface area contributed by atoms with Gasteiger partial charge in [0.1, 0.15) is 0 Å². The Balaban J connectivity index is 3.53. The highest BCUT2D eigenvalue weighted by atomic mass is 16.5. The van der Waals surface area contributed by atoms with Gasteiger partial charge in [0, 0.05) is 20.2 Å². The number of aliphatic hydroxyl groups is 1. The van der Waals surface area contributed by atoms with Gasteiger partial charge in [-0.2, -0.15) is 0 Å². The first-order valence-electron chi connectivity index (χ1n) is 5.27. The van der Waals surface area contributed by atoms with Crippen LogP contribution in [0.2, 0.25) is 0 Å². The average molecular weight is 217 g/mol. The maximum absolute atomic E-state index is 9.33. The predicted molar refractivity (Wildman–Crippen MR) is 61.8 cm³/mol. The molecule has 0 aliphatic carbocycles. The second kappa shape index (κ2) is 8.49. The topological polar surface area (TPSA) is 79.9 Å². The number of methoxy groups -OCH3 is 1. The van der Waals surface area contributed by atoms with Crippen molar-refractivity contribution in [2.45, 2.75) is 26.4 Å². The van der Waals surface area contributed by atoms with Gasteiger partial charge in [-0.1, -0.05) is 13.8 Å². The molecule has 1 atom stereocenters. The maximum atomic E-state index is 9.33. The summed E-state index contributed by atoms with van der Waals surface area (Å²) in [4.78, 5) is 4.14. The number of guanidine groups is 1. The third kappa shape index (κ3) is 9.49. The summed E-state index contributed by atoms with van der Waals surface area (Å²) in [5, 5.41) is 12.3. The average Bonchev–Trinajstić information content (AvgIpc) is 2.15. The predicted octanol–water partition coefficient (Wildman–Crippen LogP) is -0.0559. The summed E-state index contributed by atoms with van der Waals surface area (Å²) < 4.78 is 4.80. The molecule has 0 aromatic rings. The molecule has 0 heterocycles. The molecule has 0 aliphatic heterocycles. The molecule has 4 N–H and O–H groups in total. The largest absolute Gasteiger partial charge is 0.391 e. The minimum atomic E-state index is -0.444. The molecule has 0 aromatic carbocycles. The van der Waals surface area contributed by atoms with Gasteiger partial charge in [-0.3, -0.25) is 4.99 Å². The molecule has 1 unspecified atom stereocenters. The van der Waals surface area contributed by atoms with E-state index in [1.807, 2.05) is 0 Å². The molecule has 0 bridgehead atoms. The van der Waals surface area contributed by atoms with Gasteiger partial charge in [-0.05, 0) is 12.3 Å². The molecular weight excluding hydrogens is 194 g/mol. The molecule has 0 fully saturated rings. The molecule has 5 heteroatoms. The van der Waals surface area contributed by atoms with Gasteiger partial charge >= 0.3 is 0 Å². The smallest absolute Gasteiger partial charge is 0.188 e. The van der Waals surface area contributed by atoms with E-state index in [9.17, 15) is 5.11 Å². The van der Waals surface area contributed by atoms with Crippen LogP contribution in [-0.4, -0.2) is 44.0 Å². The van der Waals surface area contributed by atoms with E-state index >= 15 is 0 Å². The zero-order valence-corrected chi connectivity index (χ0v) is 9.86. The van der Waals surface area contributed by atoms with Crippen molar-refractivity contribution < 1.29 is 9.84 Å². The lowest BCUT2D eigenvalue weighted by atomic mass is 10.2. The van der Waals surface area contributed by atoms with Crippen LogP contribution in [0.15, 0.2) is 4.99 Å². The lowest BCUT2D eigenvalue weighted by Crippen LogP contribution is -2.34. The van der Waals surface area contributed by atoms with Crippen molar-refractivity contribution in [2.24, 2.45) is 16.6 Å². The molecule has 0 aliphatic rings. The quantitative estimate of drug-likeness (QED) is 0.412. The second-order valence-corrected chi connectivity index (χ2v) is 3.94. The van der Waals surface area contributed by atoms with E-state index in [0.29, 0.717) is 31.4 Å². The number of nitrogens with two attached hydrogens (primary N) is 1. The number of hydrogen-bond acceptors (Lipinski definition) is 3. The Labute approximate surface area is 91.7 Å². The Morgan fingerprint density at radius 1 is 1.53 bits per heavy atom. The van der Waals surface area contributed by atoms with Crippen molar-refractivity contribution in [3.63, 3.8) is 0 Å². The SMILES string of the molecule is COCC(O)CCNC(N)=NCC(C)C. The minimum Gasteiger partial charge on any atom is -0.391 e. The van der Waals surface area contributed by atoms with Gasteiger partial charge in [-0.25, -0.2) is 0 Å². The zero-order valence-electron chi connectivity index (χ0n) is 9.86. The van der Waals surface area contributed by atoms with E-state index < -0.39 is 6.10 Å². The van der Waals surface area contributed by atoms with Crippen LogP contribution < -0.4 is 11.1 Å². The monoisotopic (exact) mass is 217 g/mol. The zero-order chi connectivity index (χ0) is 11.7. The number of hydrogen-bond donors (Lipinski definition) is 3. The number of ether oxygens (including phenoxy) is 1. The number of nitrogens with one attached hydrogen (secondary N) is 1. The molecule has 0 saturated heterocycles. The van der Waals surface area contributed by atoms with Crippen LogP contribution in [0, 0.1) is 5.92 Å². The Morgan fingerprint density at radius 3 is 2.73 bits per heavy atom. The molecule has 0 saturated carbocycles. The van der Waals surface area contributed by atoms with Crippen molar-refractivity contribution >= 4 is 5.96 Å². The molecule has 0 aromatic heterocycles. The molecule has 0 spiro atoms. The summed E-state index contributed by atoms with van der Waals surface area (Å²) in [6.45, 7) is 5.85. The van der Waals surface area contributed by atoms with Gasteiger partial charge in [0.25, 0.3) is 0 Å². The molecule has 0 rings (SSSR count).